The number of anilines is 1. The average molecular weight is 312 g/mol. The maximum absolute atomic E-state index is 12.0. The van der Waals surface area contributed by atoms with Crippen molar-refractivity contribution in [1.82, 2.24) is 0 Å². The molecular weight excluding hydrogens is 297 g/mol. The summed E-state index contributed by atoms with van der Waals surface area (Å²) in [6.45, 7) is 5.05. The van der Waals surface area contributed by atoms with Crippen LogP contribution in [0.25, 0.3) is 0 Å². The van der Waals surface area contributed by atoms with Crippen molar-refractivity contribution < 1.29 is 22.7 Å². The van der Waals surface area contributed by atoms with E-state index in [-0.39, 0.29) is 17.1 Å². The SMILES string of the molecule is CC(C)(C)C(=O)/C(C#N)=C\Nc1ccc(OC(F)(F)F)cc1. The van der Waals surface area contributed by atoms with Crippen LogP contribution >= 0.6 is 0 Å². The number of benzene rings is 1. The smallest absolute Gasteiger partial charge is 0.406 e. The molecule has 0 saturated heterocycles. The molecule has 0 aliphatic rings. The van der Waals surface area contributed by atoms with Crippen LogP contribution in [0.3, 0.4) is 0 Å². The Labute approximate surface area is 126 Å². The van der Waals surface area contributed by atoms with E-state index in [1.807, 2.05) is 0 Å². The summed E-state index contributed by atoms with van der Waals surface area (Å²) in [5, 5.41) is 11.7. The summed E-state index contributed by atoms with van der Waals surface area (Å²) in [6.07, 6.45) is -3.52. The number of hydrogen-bond acceptors (Lipinski definition) is 4. The third-order valence-corrected chi connectivity index (χ3v) is 2.52. The highest BCUT2D eigenvalue weighted by Gasteiger charge is 2.31. The number of alkyl halides is 3. The van der Waals surface area contributed by atoms with Crippen LogP contribution in [0.1, 0.15) is 20.8 Å². The van der Waals surface area contributed by atoms with E-state index >= 15 is 0 Å². The van der Waals surface area contributed by atoms with E-state index in [0.29, 0.717) is 5.69 Å². The van der Waals surface area contributed by atoms with Crippen LogP contribution in [-0.2, 0) is 4.79 Å². The molecule has 22 heavy (non-hydrogen) atoms. The predicted octanol–water partition coefficient (Wildman–Crippen LogP) is 4.02. The van der Waals surface area contributed by atoms with Crippen LogP contribution in [0.5, 0.6) is 5.75 Å². The van der Waals surface area contributed by atoms with Gasteiger partial charge < -0.3 is 10.1 Å². The fourth-order valence-corrected chi connectivity index (χ4v) is 1.46. The van der Waals surface area contributed by atoms with E-state index in [0.717, 1.165) is 12.1 Å². The number of Topliss-reactive ketones (excluding diaryl/α,β-unsaturated/α-hetero) is 1. The highest BCUT2D eigenvalue weighted by atomic mass is 19.4. The lowest BCUT2D eigenvalue weighted by atomic mass is 9.87. The van der Waals surface area contributed by atoms with Gasteiger partial charge in [0.15, 0.2) is 5.78 Å². The number of ketones is 1. The van der Waals surface area contributed by atoms with Crippen LogP contribution in [0.2, 0.25) is 0 Å². The Bertz CT molecular complexity index is 606. The lowest BCUT2D eigenvalue weighted by Gasteiger charge is -2.15. The summed E-state index contributed by atoms with van der Waals surface area (Å²) in [5.74, 6) is -0.687. The molecule has 4 nitrogen and oxygen atoms in total. The summed E-state index contributed by atoms with van der Waals surface area (Å²) < 4.78 is 39.8. The summed E-state index contributed by atoms with van der Waals surface area (Å²) in [6, 6.07) is 6.73. The van der Waals surface area contributed by atoms with Gasteiger partial charge in [0.25, 0.3) is 0 Å². The molecule has 0 bridgehead atoms. The minimum absolute atomic E-state index is 0.0666. The van der Waals surface area contributed by atoms with E-state index in [1.54, 1.807) is 26.8 Å². The zero-order chi connectivity index (χ0) is 17.0. The van der Waals surface area contributed by atoms with E-state index in [9.17, 15) is 18.0 Å². The van der Waals surface area contributed by atoms with Gasteiger partial charge in [0.05, 0.1) is 0 Å². The van der Waals surface area contributed by atoms with Crippen LogP contribution in [0.4, 0.5) is 18.9 Å². The Morgan fingerprint density at radius 2 is 1.77 bits per heavy atom. The highest BCUT2D eigenvalue weighted by Crippen LogP contribution is 2.24. The molecule has 0 amide bonds. The van der Waals surface area contributed by atoms with E-state index in [2.05, 4.69) is 10.1 Å². The molecule has 1 aromatic rings. The van der Waals surface area contributed by atoms with Gasteiger partial charge in [0, 0.05) is 17.3 Å². The lowest BCUT2D eigenvalue weighted by Crippen LogP contribution is -2.22. The normalized spacial score (nSPS) is 12.5. The first-order valence-corrected chi connectivity index (χ1v) is 6.30. The molecule has 0 atom stereocenters. The van der Waals surface area contributed by atoms with Crippen molar-refractivity contribution >= 4 is 11.5 Å². The minimum Gasteiger partial charge on any atom is -0.406 e. The molecule has 0 fully saturated rings. The molecule has 0 radical (unpaired) electrons. The Morgan fingerprint density at radius 3 is 2.18 bits per heavy atom. The Morgan fingerprint density at radius 1 is 1.23 bits per heavy atom. The Kier molecular flexibility index (Phi) is 5.20. The molecule has 7 heteroatoms. The quantitative estimate of drug-likeness (QED) is 0.674. The molecule has 118 valence electrons. The molecule has 0 spiro atoms. The maximum Gasteiger partial charge on any atom is 0.573 e. The number of halogens is 3. The van der Waals surface area contributed by atoms with Gasteiger partial charge in [-0.25, -0.2) is 0 Å². The largest absolute Gasteiger partial charge is 0.573 e. The first-order valence-electron chi connectivity index (χ1n) is 6.30. The number of nitrogens with zero attached hydrogens (tertiary/aromatic N) is 1. The number of carbonyl (C=O) groups excluding carboxylic acids is 1. The molecule has 1 rings (SSSR count). The van der Waals surface area contributed by atoms with Crippen LogP contribution in [0, 0.1) is 16.7 Å². The molecule has 0 unspecified atom stereocenters. The van der Waals surface area contributed by atoms with Gasteiger partial charge in [-0.05, 0) is 24.3 Å². The van der Waals surface area contributed by atoms with Gasteiger partial charge in [-0.1, -0.05) is 20.8 Å². The molecule has 1 aromatic carbocycles. The van der Waals surface area contributed by atoms with Crippen LogP contribution in [0.15, 0.2) is 36.0 Å². The third kappa shape index (κ3) is 5.48. The van der Waals surface area contributed by atoms with E-state index < -0.39 is 11.8 Å². The number of rotatable bonds is 4. The molecule has 1 N–H and O–H groups in total. The first-order chi connectivity index (χ1) is 10.0. The fraction of sp³-hybridized carbons (Fsp3) is 0.333. The van der Waals surface area contributed by atoms with Gasteiger partial charge in [0.1, 0.15) is 17.4 Å². The number of nitrogens with one attached hydrogen (secondary N) is 1. The second-order valence-electron chi connectivity index (χ2n) is 5.47. The Balaban J connectivity index is 2.81. The molecule has 0 aromatic heterocycles. The van der Waals surface area contributed by atoms with E-state index in [1.165, 1.54) is 18.3 Å². The first kappa shape index (κ1) is 17.6. The average Bonchev–Trinajstić information content (AvgIpc) is 2.38. The molecule has 0 saturated carbocycles. The van der Waals surface area contributed by atoms with Gasteiger partial charge in [-0.15, -0.1) is 13.2 Å². The number of ether oxygens (including phenoxy) is 1. The van der Waals surface area contributed by atoms with E-state index in [4.69, 9.17) is 5.26 Å². The fourth-order valence-electron chi connectivity index (χ4n) is 1.46. The lowest BCUT2D eigenvalue weighted by molar-refractivity contribution is -0.274. The van der Waals surface area contributed by atoms with Crippen molar-refractivity contribution in [3.8, 4) is 11.8 Å². The number of allylic oxidation sites excluding steroid dienone is 1. The van der Waals surface area contributed by atoms with Crippen molar-refractivity contribution in [2.24, 2.45) is 5.41 Å². The van der Waals surface area contributed by atoms with Gasteiger partial charge in [-0.3, -0.25) is 4.79 Å². The zero-order valence-electron chi connectivity index (χ0n) is 12.3. The molecular formula is C15H15F3N2O2. The summed E-state index contributed by atoms with van der Waals surface area (Å²) in [5.41, 5.74) is -0.347. The molecule has 0 aliphatic heterocycles. The number of hydrogen-bond donors (Lipinski definition) is 1. The summed E-state index contributed by atoms with van der Waals surface area (Å²) >= 11 is 0. The second kappa shape index (κ2) is 6.52. The zero-order valence-corrected chi connectivity index (χ0v) is 12.3. The van der Waals surface area contributed by atoms with Gasteiger partial charge in [0.2, 0.25) is 0 Å². The minimum atomic E-state index is -4.75. The van der Waals surface area contributed by atoms with Gasteiger partial charge >= 0.3 is 6.36 Å². The third-order valence-electron chi connectivity index (χ3n) is 2.52. The molecule has 0 aliphatic carbocycles. The highest BCUT2D eigenvalue weighted by molar-refractivity contribution is 6.02. The van der Waals surface area contributed by atoms with Crippen molar-refractivity contribution in [1.29, 1.82) is 5.26 Å². The van der Waals surface area contributed by atoms with Crippen molar-refractivity contribution in [3.63, 3.8) is 0 Å². The van der Waals surface area contributed by atoms with Crippen molar-refractivity contribution in [3.05, 3.63) is 36.0 Å². The second-order valence-corrected chi connectivity index (χ2v) is 5.47. The van der Waals surface area contributed by atoms with Crippen LogP contribution < -0.4 is 10.1 Å². The van der Waals surface area contributed by atoms with Gasteiger partial charge in [-0.2, -0.15) is 5.26 Å². The standard InChI is InChI=1S/C15H15F3N2O2/c1-14(2,3)13(21)10(8-19)9-20-11-4-6-12(7-5-11)22-15(16,17)18/h4-7,9,20H,1-3H3/b10-9-. The number of nitriles is 1. The predicted molar refractivity (Wildman–Crippen MR) is 74.9 cm³/mol. The summed E-state index contributed by atoms with van der Waals surface area (Å²) in [7, 11) is 0. The Hall–Kier alpha value is -2.49. The van der Waals surface area contributed by atoms with Crippen molar-refractivity contribution in [2.75, 3.05) is 5.32 Å². The van der Waals surface area contributed by atoms with Crippen molar-refractivity contribution in [2.45, 2.75) is 27.1 Å². The van der Waals surface area contributed by atoms with Crippen LogP contribution in [-0.4, -0.2) is 12.1 Å². The molecule has 0 heterocycles. The topological polar surface area (TPSA) is 62.1 Å². The number of carbonyl (C=O) groups is 1. The maximum atomic E-state index is 12.0. The summed E-state index contributed by atoms with van der Waals surface area (Å²) in [4.78, 5) is 12.0. The monoisotopic (exact) mass is 312 g/mol.